The second kappa shape index (κ2) is 9.23. The minimum absolute atomic E-state index is 0.0908. The number of nitrogens with one attached hydrogen (secondary N) is 1. The molecule has 0 aromatic heterocycles. The maximum atomic E-state index is 12.6. The van der Waals surface area contributed by atoms with Crippen molar-refractivity contribution in [1.29, 1.82) is 0 Å². The van der Waals surface area contributed by atoms with E-state index in [0.717, 1.165) is 11.4 Å². The highest BCUT2D eigenvalue weighted by molar-refractivity contribution is 6.03. The van der Waals surface area contributed by atoms with Crippen molar-refractivity contribution in [2.24, 2.45) is 5.92 Å². The molecule has 0 spiro atoms. The van der Waals surface area contributed by atoms with Gasteiger partial charge in [-0.3, -0.25) is 9.59 Å². The van der Waals surface area contributed by atoms with Crippen molar-refractivity contribution in [2.75, 3.05) is 30.0 Å². The summed E-state index contributed by atoms with van der Waals surface area (Å²) in [4.78, 5) is 38.3. The Balaban J connectivity index is 1.60. The van der Waals surface area contributed by atoms with Gasteiger partial charge in [-0.25, -0.2) is 4.79 Å². The van der Waals surface area contributed by atoms with E-state index in [2.05, 4.69) is 5.32 Å². The van der Waals surface area contributed by atoms with Crippen LogP contribution in [0.3, 0.4) is 0 Å². The molecule has 29 heavy (non-hydrogen) atoms. The van der Waals surface area contributed by atoms with E-state index in [1.165, 1.54) is 0 Å². The van der Waals surface area contributed by atoms with Gasteiger partial charge in [0.1, 0.15) is 5.75 Å². The molecule has 1 fully saturated rings. The molecule has 2 aromatic rings. The van der Waals surface area contributed by atoms with E-state index in [1.54, 1.807) is 36.1 Å². The smallest absolute Gasteiger partial charge is 0.338 e. The molecule has 7 heteroatoms. The third-order valence-corrected chi connectivity index (χ3v) is 4.62. The van der Waals surface area contributed by atoms with Gasteiger partial charge in [0.2, 0.25) is 11.8 Å². The maximum absolute atomic E-state index is 12.6. The zero-order chi connectivity index (χ0) is 20.8. The van der Waals surface area contributed by atoms with E-state index in [1.807, 2.05) is 31.2 Å². The summed E-state index contributed by atoms with van der Waals surface area (Å²) in [6.07, 6.45) is 0.153. The van der Waals surface area contributed by atoms with E-state index in [4.69, 9.17) is 9.47 Å². The van der Waals surface area contributed by atoms with Crippen molar-refractivity contribution in [3.63, 3.8) is 0 Å². The van der Waals surface area contributed by atoms with Gasteiger partial charge in [-0.05, 0) is 62.4 Å². The summed E-state index contributed by atoms with van der Waals surface area (Å²) >= 11 is 0. The average Bonchev–Trinajstić information content (AvgIpc) is 3.11. The number of hydrogen-bond acceptors (Lipinski definition) is 5. The molecule has 1 unspecified atom stereocenters. The molecule has 3 rings (SSSR count). The molecule has 1 atom stereocenters. The van der Waals surface area contributed by atoms with Gasteiger partial charge in [0.25, 0.3) is 0 Å². The minimum Gasteiger partial charge on any atom is -0.494 e. The number of amides is 2. The summed E-state index contributed by atoms with van der Waals surface area (Å²) < 4.78 is 10.4. The van der Waals surface area contributed by atoms with E-state index in [0.29, 0.717) is 31.0 Å². The molecule has 1 heterocycles. The Labute approximate surface area is 169 Å². The van der Waals surface area contributed by atoms with Gasteiger partial charge in [0.15, 0.2) is 0 Å². The van der Waals surface area contributed by atoms with Crippen LogP contribution in [0.15, 0.2) is 48.5 Å². The zero-order valence-corrected chi connectivity index (χ0v) is 16.5. The number of ether oxygens (including phenoxy) is 2. The van der Waals surface area contributed by atoms with E-state index in [-0.39, 0.29) is 18.2 Å². The number of esters is 1. The highest BCUT2D eigenvalue weighted by atomic mass is 16.5. The Morgan fingerprint density at radius 1 is 1.03 bits per heavy atom. The third kappa shape index (κ3) is 4.93. The second-order valence-corrected chi connectivity index (χ2v) is 6.62. The van der Waals surface area contributed by atoms with Crippen LogP contribution in [-0.2, 0) is 14.3 Å². The van der Waals surface area contributed by atoms with Gasteiger partial charge < -0.3 is 19.7 Å². The van der Waals surface area contributed by atoms with E-state index < -0.39 is 11.9 Å². The lowest BCUT2D eigenvalue weighted by Crippen LogP contribution is -2.28. The Bertz CT molecular complexity index is 877. The monoisotopic (exact) mass is 396 g/mol. The summed E-state index contributed by atoms with van der Waals surface area (Å²) in [5, 5.41) is 2.81. The normalized spacial score (nSPS) is 15.9. The first-order chi connectivity index (χ1) is 14.0. The predicted molar refractivity (Wildman–Crippen MR) is 109 cm³/mol. The van der Waals surface area contributed by atoms with Crippen LogP contribution in [0.25, 0.3) is 0 Å². The molecule has 1 saturated heterocycles. The predicted octanol–water partition coefficient (Wildman–Crippen LogP) is 3.25. The van der Waals surface area contributed by atoms with Crippen LogP contribution in [0.4, 0.5) is 11.4 Å². The van der Waals surface area contributed by atoms with Crippen molar-refractivity contribution in [3.05, 3.63) is 54.1 Å². The number of carbonyl (C=O) groups excluding carboxylic acids is 3. The summed E-state index contributed by atoms with van der Waals surface area (Å²) in [6.45, 7) is 4.85. The number of rotatable bonds is 7. The van der Waals surface area contributed by atoms with E-state index >= 15 is 0 Å². The molecule has 1 aliphatic heterocycles. The van der Waals surface area contributed by atoms with Crippen molar-refractivity contribution in [3.8, 4) is 5.75 Å². The third-order valence-electron chi connectivity index (χ3n) is 4.62. The zero-order valence-electron chi connectivity index (χ0n) is 16.5. The molecule has 7 nitrogen and oxygen atoms in total. The van der Waals surface area contributed by atoms with Gasteiger partial charge in [-0.2, -0.15) is 0 Å². The summed E-state index contributed by atoms with van der Waals surface area (Å²) in [5.41, 5.74) is 1.73. The van der Waals surface area contributed by atoms with Gasteiger partial charge in [0.05, 0.1) is 24.7 Å². The first kappa shape index (κ1) is 20.4. The van der Waals surface area contributed by atoms with E-state index in [9.17, 15) is 14.4 Å². The van der Waals surface area contributed by atoms with Crippen molar-refractivity contribution >= 4 is 29.2 Å². The van der Waals surface area contributed by atoms with Crippen molar-refractivity contribution in [2.45, 2.75) is 20.3 Å². The first-order valence-electron chi connectivity index (χ1n) is 9.63. The van der Waals surface area contributed by atoms with Crippen LogP contribution in [0, 0.1) is 5.92 Å². The van der Waals surface area contributed by atoms with Crippen LogP contribution >= 0.6 is 0 Å². The molecule has 0 saturated carbocycles. The standard InChI is InChI=1S/C22H24N2O5/c1-3-28-19-11-9-18(10-12-19)24-14-16(13-20(24)25)21(26)23-17-7-5-15(6-8-17)22(27)29-4-2/h5-12,16H,3-4,13-14H2,1-2H3,(H,23,26). The van der Waals surface area contributed by atoms with Gasteiger partial charge in [-0.15, -0.1) is 0 Å². The number of hydrogen-bond donors (Lipinski definition) is 1. The molecular formula is C22H24N2O5. The fourth-order valence-corrected chi connectivity index (χ4v) is 3.17. The molecule has 0 radical (unpaired) electrons. The summed E-state index contributed by atoms with van der Waals surface area (Å²) in [7, 11) is 0. The van der Waals surface area contributed by atoms with Crippen LogP contribution in [0.2, 0.25) is 0 Å². The van der Waals surface area contributed by atoms with Crippen molar-refractivity contribution < 1.29 is 23.9 Å². The molecule has 2 aromatic carbocycles. The number of carbonyl (C=O) groups is 3. The minimum atomic E-state index is -0.446. The highest BCUT2D eigenvalue weighted by Crippen LogP contribution is 2.27. The van der Waals surface area contributed by atoms with Crippen molar-refractivity contribution in [1.82, 2.24) is 0 Å². The lowest BCUT2D eigenvalue weighted by molar-refractivity contribution is -0.122. The molecule has 1 N–H and O–H groups in total. The Hall–Kier alpha value is -3.35. The fourth-order valence-electron chi connectivity index (χ4n) is 3.17. The summed E-state index contributed by atoms with van der Waals surface area (Å²) in [6, 6.07) is 13.7. The van der Waals surface area contributed by atoms with Crippen LogP contribution in [0.1, 0.15) is 30.6 Å². The molecule has 0 aliphatic carbocycles. The fraction of sp³-hybridized carbons (Fsp3) is 0.318. The SMILES string of the molecule is CCOC(=O)c1ccc(NC(=O)C2CC(=O)N(c3ccc(OCC)cc3)C2)cc1. The number of benzene rings is 2. The molecule has 152 valence electrons. The Kier molecular flexibility index (Phi) is 6.49. The van der Waals surface area contributed by atoms with Gasteiger partial charge >= 0.3 is 5.97 Å². The lowest BCUT2D eigenvalue weighted by atomic mass is 10.1. The first-order valence-corrected chi connectivity index (χ1v) is 9.63. The van der Waals surface area contributed by atoms with Crippen LogP contribution in [0.5, 0.6) is 5.75 Å². The quantitative estimate of drug-likeness (QED) is 0.726. The van der Waals surface area contributed by atoms with Crippen LogP contribution < -0.4 is 15.0 Å². The number of anilines is 2. The maximum Gasteiger partial charge on any atom is 0.338 e. The van der Waals surface area contributed by atoms with Gasteiger partial charge in [-0.1, -0.05) is 0 Å². The highest BCUT2D eigenvalue weighted by Gasteiger charge is 2.35. The molecule has 0 bridgehead atoms. The Morgan fingerprint density at radius 3 is 2.34 bits per heavy atom. The lowest BCUT2D eigenvalue weighted by Gasteiger charge is -2.17. The topological polar surface area (TPSA) is 84.9 Å². The number of nitrogens with zero attached hydrogens (tertiary/aromatic N) is 1. The Morgan fingerprint density at radius 2 is 1.72 bits per heavy atom. The average molecular weight is 396 g/mol. The van der Waals surface area contributed by atoms with Gasteiger partial charge in [0, 0.05) is 24.3 Å². The summed E-state index contributed by atoms with van der Waals surface area (Å²) in [5.74, 6) is -0.428. The largest absolute Gasteiger partial charge is 0.494 e. The second-order valence-electron chi connectivity index (χ2n) is 6.62. The molecule has 1 aliphatic rings. The van der Waals surface area contributed by atoms with Crippen LogP contribution in [-0.4, -0.2) is 37.5 Å². The molecular weight excluding hydrogens is 372 g/mol. The molecule has 2 amide bonds.